The molecule has 0 spiro atoms. The Labute approximate surface area is 142 Å². The normalized spacial score (nSPS) is 28.0. The molecule has 0 unspecified atom stereocenters. The van der Waals surface area contributed by atoms with Gasteiger partial charge in [0.1, 0.15) is 5.75 Å². The quantitative estimate of drug-likeness (QED) is 0.867. The molecular formula is C19H24N2O3. The van der Waals surface area contributed by atoms with Crippen LogP contribution >= 0.6 is 0 Å². The van der Waals surface area contributed by atoms with Gasteiger partial charge in [0.15, 0.2) is 0 Å². The monoisotopic (exact) mass is 328 g/mol. The smallest absolute Gasteiger partial charge is 0.231 e. The fraction of sp³-hybridized carbons (Fsp3) is 0.579. The zero-order chi connectivity index (χ0) is 16.7. The highest BCUT2D eigenvalue weighted by molar-refractivity contribution is 5.92. The van der Waals surface area contributed by atoms with Crippen LogP contribution in [0.25, 0.3) is 0 Å². The second kappa shape index (κ2) is 5.80. The predicted octanol–water partition coefficient (Wildman–Crippen LogP) is 1.90. The van der Waals surface area contributed by atoms with E-state index in [9.17, 15) is 9.59 Å². The van der Waals surface area contributed by atoms with Gasteiger partial charge in [-0.2, -0.15) is 0 Å². The summed E-state index contributed by atoms with van der Waals surface area (Å²) in [6.07, 6.45) is 5.24. The van der Waals surface area contributed by atoms with Crippen molar-refractivity contribution in [2.24, 2.45) is 5.92 Å². The summed E-state index contributed by atoms with van der Waals surface area (Å²) in [6.45, 7) is 0. The molecule has 3 aliphatic rings. The predicted molar refractivity (Wildman–Crippen MR) is 89.7 cm³/mol. The first kappa shape index (κ1) is 15.5. The lowest BCUT2D eigenvalue weighted by atomic mass is 9.90. The van der Waals surface area contributed by atoms with Crippen LogP contribution in [0.3, 0.4) is 0 Å². The van der Waals surface area contributed by atoms with Crippen molar-refractivity contribution in [2.45, 2.75) is 56.0 Å². The van der Waals surface area contributed by atoms with E-state index in [0.717, 1.165) is 43.4 Å². The Morgan fingerprint density at radius 3 is 2.67 bits per heavy atom. The number of hydrogen-bond donors (Lipinski definition) is 2. The Balaban J connectivity index is 1.52. The summed E-state index contributed by atoms with van der Waals surface area (Å²) >= 11 is 0. The SMILES string of the molecule is COc1ccccc1C1(C(=O)N[C@@H]2CCC(=O)N[C@H]2C2CC2)CC1. The third-order valence-corrected chi connectivity index (χ3v) is 5.70. The lowest BCUT2D eigenvalue weighted by molar-refractivity contribution is -0.128. The van der Waals surface area contributed by atoms with E-state index in [-0.39, 0.29) is 23.9 Å². The van der Waals surface area contributed by atoms with E-state index in [1.807, 2.05) is 24.3 Å². The number of carbonyl (C=O) groups excluding carboxylic acids is 2. The summed E-state index contributed by atoms with van der Waals surface area (Å²) < 4.78 is 5.46. The van der Waals surface area contributed by atoms with Gasteiger partial charge in [-0.25, -0.2) is 0 Å². The fourth-order valence-corrected chi connectivity index (χ4v) is 3.98. The first-order chi connectivity index (χ1) is 11.6. The maximum absolute atomic E-state index is 13.1. The number of para-hydroxylation sites is 1. The number of methoxy groups -OCH3 is 1. The lowest BCUT2D eigenvalue weighted by Gasteiger charge is -2.34. The molecule has 128 valence electrons. The third-order valence-electron chi connectivity index (χ3n) is 5.70. The number of benzene rings is 1. The second-order valence-electron chi connectivity index (χ2n) is 7.33. The molecule has 1 heterocycles. The number of amides is 2. The molecule has 5 nitrogen and oxygen atoms in total. The molecule has 1 aromatic carbocycles. The molecule has 1 saturated heterocycles. The minimum Gasteiger partial charge on any atom is -0.496 e. The first-order valence-corrected chi connectivity index (χ1v) is 8.88. The van der Waals surface area contributed by atoms with Crippen LogP contribution < -0.4 is 15.4 Å². The standard InChI is InChI=1S/C19H24N2O3/c1-24-15-5-3-2-4-13(15)19(10-11-19)18(23)20-14-8-9-16(22)21-17(14)12-6-7-12/h2-5,12,14,17H,6-11H2,1H3,(H,20,23)(H,21,22)/t14-,17+/m1/s1. The number of ether oxygens (including phenoxy) is 1. The number of hydrogen-bond acceptors (Lipinski definition) is 3. The van der Waals surface area contributed by atoms with E-state index >= 15 is 0 Å². The van der Waals surface area contributed by atoms with E-state index in [1.165, 1.54) is 0 Å². The van der Waals surface area contributed by atoms with Crippen LogP contribution in [-0.4, -0.2) is 31.0 Å². The second-order valence-corrected chi connectivity index (χ2v) is 7.33. The van der Waals surface area contributed by atoms with E-state index in [0.29, 0.717) is 12.3 Å². The summed E-state index contributed by atoms with van der Waals surface area (Å²) in [5.74, 6) is 1.50. The molecule has 1 aliphatic heterocycles. The van der Waals surface area contributed by atoms with Crippen LogP contribution in [-0.2, 0) is 15.0 Å². The van der Waals surface area contributed by atoms with Crippen molar-refractivity contribution in [1.29, 1.82) is 0 Å². The highest BCUT2D eigenvalue weighted by atomic mass is 16.5. The molecule has 24 heavy (non-hydrogen) atoms. The summed E-state index contributed by atoms with van der Waals surface area (Å²) in [4.78, 5) is 24.8. The van der Waals surface area contributed by atoms with Gasteiger partial charge in [0.2, 0.25) is 11.8 Å². The van der Waals surface area contributed by atoms with E-state index < -0.39 is 5.41 Å². The molecule has 2 N–H and O–H groups in total. The largest absolute Gasteiger partial charge is 0.496 e. The Hall–Kier alpha value is -2.04. The van der Waals surface area contributed by atoms with Gasteiger partial charge < -0.3 is 15.4 Å². The van der Waals surface area contributed by atoms with Crippen LogP contribution in [0, 0.1) is 5.92 Å². The first-order valence-electron chi connectivity index (χ1n) is 8.88. The lowest BCUT2D eigenvalue weighted by Crippen LogP contribution is -2.57. The average Bonchev–Trinajstić information content (AvgIpc) is 3.49. The van der Waals surface area contributed by atoms with Crippen LogP contribution in [0.1, 0.15) is 44.1 Å². The molecule has 0 aromatic heterocycles. The fourth-order valence-electron chi connectivity index (χ4n) is 3.98. The van der Waals surface area contributed by atoms with Crippen molar-refractivity contribution in [3.8, 4) is 5.75 Å². The minimum absolute atomic E-state index is 0.0508. The molecular weight excluding hydrogens is 304 g/mol. The van der Waals surface area contributed by atoms with Gasteiger partial charge in [0.25, 0.3) is 0 Å². The number of carbonyl (C=O) groups is 2. The van der Waals surface area contributed by atoms with Crippen LogP contribution in [0.4, 0.5) is 0 Å². The minimum atomic E-state index is -0.456. The zero-order valence-electron chi connectivity index (χ0n) is 14.0. The van der Waals surface area contributed by atoms with Crippen molar-refractivity contribution in [3.05, 3.63) is 29.8 Å². The van der Waals surface area contributed by atoms with E-state index in [4.69, 9.17) is 4.74 Å². The number of piperidine rings is 1. The summed E-state index contributed by atoms with van der Waals surface area (Å²) in [5, 5.41) is 6.34. The van der Waals surface area contributed by atoms with Gasteiger partial charge in [-0.1, -0.05) is 18.2 Å². The zero-order valence-corrected chi connectivity index (χ0v) is 14.0. The van der Waals surface area contributed by atoms with Gasteiger partial charge in [-0.3, -0.25) is 9.59 Å². The molecule has 2 atom stereocenters. The van der Waals surface area contributed by atoms with E-state index in [2.05, 4.69) is 10.6 Å². The topological polar surface area (TPSA) is 67.4 Å². The van der Waals surface area contributed by atoms with Gasteiger partial charge in [-0.05, 0) is 44.1 Å². The molecule has 2 saturated carbocycles. The molecule has 4 rings (SSSR count). The Kier molecular flexibility index (Phi) is 3.74. The molecule has 2 aliphatic carbocycles. The molecule has 0 bridgehead atoms. The Morgan fingerprint density at radius 1 is 1.25 bits per heavy atom. The Morgan fingerprint density at radius 2 is 2.00 bits per heavy atom. The highest BCUT2D eigenvalue weighted by Crippen LogP contribution is 2.51. The van der Waals surface area contributed by atoms with Gasteiger partial charge >= 0.3 is 0 Å². The van der Waals surface area contributed by atoms with Gasteiger partial charge in [0.05, 0.1) is 18.6 Å². The average molecular weight is 328 g/mol. The van der Waals surface area contributed by atoms with Crippen LogP contribution in [0.15, 0.2) is 24.3 Å². The highest BCUT2D eigenvalue weighted by Gasteiger charge is 2.54. The van der Waals surface area contributed by atoms with Crippen LogP contribution in [0.5, 0.6) is 5.75 Å². The molecule has 5 heteroatoms. The molecule has 3 fully saturated rings. The maximum atomic E-state index is 13.1. The van der Waals surface area contributed by atoms with Crippen molar-refractivity contribution >= 4 is 11.8 Å². The molecule has 0 radical (unpaired) electrons. The summed E-state index contributed by atoms with van der Waals surface area (Å²) in [7, 11) is 1.65. The van der Waals surface area contributed by atoms with Crippen molar-refractivity contribution in [1.82, 2.24) is 10.6 Å². The summed E-state index contributed by atoms with van der Waals surface area (Å²) in [5.41, 5.74) is 0.523. The van der Waals surface area contributed by atoms with Gasteiger partial charge in [0, 0.05) is 18.0 Å². The van der Waals surface area contributed by atoms with Crippen molar-refractivity contribution < 1.29 is 14.3 Å². The van der Waals surface area contributed by atoms with Crippen LogP contribution in [0.2, 0.25) is 0 Å². The molecule has 1 aromatic rings. The number of rotatable bonds is 5. The van der Waals surface area contributed by atoms with Gasteiger partial charge in [-0.15, -0.1) is 0 Å². The third kappa shape index (κ3) is 2.66. The Bertz CT molecular complexity index is 664. The summed E-state index contributed by atoms with van der Waals surface area (Å²) in [6, 6.07) is 7.94. The maximum Gasteiger partial charge on any atom is 0.231 e. The number of nitrogens with one attached hydrogen (secondary N) is 2. The molecule has 2 amide bonds. The van der Waals surface area contributed by atoms with E-state index in [1.54, 1.807) is 7.11 Å². The van der Waals surface area contributed by atoms with Crippen molar-refractivity contribution in [2.75, 3.05) is 7.11 Å². The van der Waals surface area contributed by atoms with Crippen molar-refractivity contribution in [3.63, 3.8) is 0 Å².